The Morgan fingerprint density at radius 3 is 2.29 bits per heavy atom. The zero-order chi connectivity index (χ0) is 19.5. The van der Waals surface area contributed by atoms with E-state index in [1.165, 1.54) is 23.3 Å². The largest absolute Gasteiger partial charge is 0.508 e. The summed E-state index contributed by atoms with van der Waals surface area (Å²) >= 11 is 0. The average molecular weight is 377 g/mol. The Morgan fingerprint density at radius 1 is 1.00 bits per heavy atom. The molecule has 1 aliphatic carbocycles. The maximum Gasteiger partial charge on any atom is 0.407 e. The van der Waals surface area contributed by atoms with Gasteiger partial charge in [-0.3, -0.25) is 0 Å². The molecule has 0 bridgehead atoms. The number of benzene rings is 3. The van der Waals surface area contributed by atoms with Gasteiger partial charge in [0.15, 0.2) is 0 Å². The van der Waals surface area contributed by atoms with Crippen LogP contribution in [0.1, 0.15) is 22.6 Å². The van der Waals surface area contributed by atoms with Gasteiger partial charge in [0.25, 0.3) is 0 Å². The van der Waals surface area contributed by atoms with Crippen molar-refractivity contribution in [1.29, 1.82) is 0 Å². The van der Waals surface area contributed by atoms with Crippen LogP contribution in [0.25, 0.3) is 11.1 Å². The van der Waals surface area contributed by atoms with Gasteiger partial charge in [0.2, 0.25) is 0 Å². The van der Waals surface area contributed by atoms with Crippen LogP contribution in [0.5, 0.6) is 5.75 Å². The second-order valence-electron chi connectivity index (χ2n) is 6.82. The lowest BCUT2D eigenvalue weighted by Gasteiger charge is -2.14. The minimum atomic E-state index is -0.512. The molecule has 0 radical (unpaired) electrons. The number of carbonyl (C=O) groups is 1. The Bertz CT molecular complexity index is 952. The highest BCUT2D eigenvalue weighted by Gasteiger charge is 2.28. The maximum absolute atomic E-state index is 13.3. The van der Waals surface area contributed by atoms with E-state index in [9.17, 15) is 14.3 Å². The molecule has 0 unspecified atom stereocenters. The van der Waals surface area contributed by atoms with Crippen LogP contribution in [0.4, 0.5) is 9.18 Å². The zero-order valence-corrected chi connectivity index (χ0v) is 15.2. The summed E-state index contributed by atoms with van der Waals surface area (Å²) < 4.78 is 18.7. The molecule has 0 fully saturated rings. The molecule has 142 valence electrons. The molecule has 0 heterocycles. The molecule has 0 aliphatic heterocycles. The highest BCUT2D eigenvalue weighted by molar-refractivity contribution is 5.79. The van der Waals surface area contributed by atoms with Crippen LogP contribution in [-0.4, -0.2) is 24.4 Å². The fourth-order valence-electron chi connectivity index (χ4n) is 3.74. The number of carbonyl (C=O) groups excluding carboxylic acids is 1. The van der Waals surface area contributed by atoms with E-state index >= 15 is 0 Å². The summed E-state index contributed by atoms with van der Waals surface area (Å²) in [5.41, 5.74) is 5.28. The third-order valence-electron chi connectivity index (χ3n) is 4.97. The highest BCUT2D eigenvalue weighted by Crippen LogP contribution is 2.44. The van der Waals surface area contributed by atoms with Crippen LogP contribution in [0, 0.1) is 5.82 Å². The van der Waals surface area contributed by atoms with Crippen molar-refractivity contribution in [1.82, 2.24) is 5.32 Å². The lowest BCUT2D eigenvalue weighted by Crippen LogP contribution is -2.28. The molecule has 1 aliphatic rings. The number of hydrogen-bond donors (Lipinski definition) is 2. The number of nitrogens with one attached hydrogen (secondary N) is 1. The van der Waals surface area contributed by atoms with Crippen molar-refractivity contribution in [3.63, 3.8) is 0 Å². The van der Waals surface area contributed by atoms with Crippen LogP contribution >= 0.6 is 0 Å². The molecule has 3 aromatic carbocycles. The minimum absolute atomic E-state index is 0.0123. The molecular formula is C23H20FNO3. The number of ether oxygens (including phenoxy) is 1. The van der Waals surface area contributed by atoms with Crippen molar-refractivity contribution in [3.8, 4) is 16.9 Å². The van der Waals surface area contributed by atoms with Gasteiger partial charge in [0, 0.05) is 18.5 Å². The number of alkyl carbamates (subject to hydrolysis) is 1. The van der Waals surface area contributed by atoms with Crippen LogP contribution < -0.4 is 5.32 Å². The second kappa shape index (κ2) is 7.72. The molecule has 28 heavy (non-hydrogen) atoms. The van der Waals surface area contributed by atoms with Gasteiger partial charge >= 0.3 is 6.09 Å². The fraction of sp³-hybridized carbons (Fsp3) is 0.174. The second-order valence-corrected chi connectivity index (χ2v) is 6.82. The van der Waals surface area contributed by atoms with Gasteiger partial charge in [0.1, 0.15) is 18.2 Å². The van der Waals surface area contributed by atoms with E-state index in [2.05, 4.69) is 29.6 Å². The Hall–Kier alpha value is -3.34. The number of amides is 1. The van der Waals surface area contributed by atoms with Crippen molar-refractivity contribution >= 4 is 6.09 Å². The summed E-state index contributed by atoms with van der Waals surface area (Å²) in [6.07, 6.45) is -0.113. The summed E-state index contributed by atoms with van der Waals surface area (Å²) in [6, 6.07) is 20.2. The van der Waals surface area contributed by atoms with Crippen LogP contribution in [0.2, 0.25) is 0 Å². The number of phenolic OH excluding ortho intramolecular Hbond substituents is 1. The molecule has 3 aromatic rings. The number of phenols is 1. The van der Waals surface area contributed by atoms with E-state index in [0.29, 0.717) is 18.5 Å². The molecule has 4 rings (SSSR count). The van der Waals surface area contributed by atoms with Gasteiger partial charge in [-0.25, -0.2) is 9.18 Å². The van der Waals surface area contributed by atoms with Gasteiger partial charge in [-0.05, 0) is 46.4 Å². The Morgan fingerprint density at radius 2 is 1.64 bits per heavy atom. The van der Waals surface area contributed by atoms with Crippen molar-refractivity contribution < 1.29 is 19.0 Å². The lowest BCUT2D eigenvalue weighted by atomic mass is 9.98. The molecule has 4 nitrogen and oxygen atoms in total. The van der Waals surface area contributed by atoms with Gasteiger partial charge in [0.05, 0.1) is 0 Å². The van der Waals surface area contributed by atoms with Gasteiger partial charge < -0.3 is 15.2 Å². The molecule has 0 aromatic heterocycles. The maximum atomic E-state index is 13.3. The van der Waals surface area contributed by atoms with Crippen LogP contribution in [0.15, 0.2) is 66.7 Å². The Labute approximate surface area is 162 Å². The quantitative estimate of drug-likeness (QED) is 0.683. The van der Waals surface area contributed by atoms with Crippen molar-refractivity contribution in [2.45, 2.75) is 12.3 Å². The van der Waals surface area contributed by atoms with E-state index in [4.69, 9.17) is 4.74 Å². The van der Waals surface area contributed by atoms with Gasteiger partial charge in [-0.1, -0.05) is 48.5 Å². The summed E-state index contributed by atoms with van der Waals surface area (Å²) in [6.45, 7) is 0.542. The third kappa shape index (κ3) is 3.69. The minimum Gasteiger partial charge on any atom is -0.508 e. The normalized spacial score (nSPS) is 12.3. The first-order valence-corrected chi connectivity index (χ1v) is 9.19. The summed E-state index contributed by atoms with van der Waals surface area (Å²) in [4.78, 5) is 12.1. The Balaban J connectivity index is 1.35. The summed E-state index contributed by atoms with van der Waals surface area (Å²) in [5.74, 6) is -0.620. The summed E-state index contributed by atoms with van der Waals surface area (Å²) in [7, 11) is 0. The predicted molar refractivity (Wildman–Crippen MR) is 105 cm³/mol. The predicted octanol–water partition coefficient (Wildman–Crippen LogP) is 4.61. The lowest BCUT2D eigenvalue weighted by molar-refractivity contribution is 0.143. The molecule has 0 spiro atoms. The number of hydrogen-bond acceptors (Lipinski definition) is 3. The van der Waals surface area contributed by atoms with E-state index in [0.717, 1.165) is 17.2 Å². The van der Waals surface area contributed by atoms with Gasteiger partial charge in [-0.2, -0.15) is 0 Å². The van der Waals surface area contributed by atoms with Crippen molar-refractivity contribution in [3.05, 3.63) is 89.2 Å². The standard InChI is InChI=1S/C23H20FNO3/c24-16-11-15(12-17(26)13-16)9-10-25-23(27)28-14-22-20-7-3-1-5-18(20)19-6-2-4-8-21(19)22/h1-8,11-13,22,26H,9-10,14H2,(H,25,27). The first-order chi connectivity index (χ1) is 13.6. The van der Waals surface area contributed by atoms with E-state index in [-0.39, 0.29) is 18.3 Å². The van der Waals surface area contributed by atoms with Gasteiger partial charge in [-0.15, -0.1) is 0 Å². The average Bonchev–Trinajstić information content (AvgIpc) is 3.00. The smallest absolute Gasteiger partial charge is 0.407 e. The number of fused-ring (bicyclic) bond motifs is 3. The van der Waals surface area contributed by atoms with E-state index in [1.807, 2.05) is 24.3 Å². The first kappa shape index (κ1) is 18.0. The molecule has 0 saturated heterocycles. The van der Waals surface area contributed by atoms with Crippen LogP contribution in [-0.2, 0) is 11.2 Å². The third-order valence-corrected chi connectivity index (χ3v) is 4.97. The SMILES string of the molecule is O=C(NCCc1cc(O)cc(F)c1)OCC1c2ccccc2-c2ccccc21. The highest BCUT2D eigenvalue weighted by atomic mass is 19.1. The molecule has 0 saturated carbocycles. The molecule has 2 N–H and O–H groups in total. The van der Waals surface area contributed by atoms with Crippen molar-refractivity contribution in [2.24, 2.45) is 0 Å². The van der Waals surface area contributed by atoms with E-state index in [1.54, 1.807) is 0 Å². The van der Waals surface area contributed by atoms with Crippen LogP contribution in [0.3, 0.4) is 0 Å². The Kier molecular flexibility index (Phi) is 4.98. The fourth-order valence-corrected chi connectivity index (χ4v) is 3.74. The topological polar surface area (TPSA) is 58.6 Å². The molecule has 1 amide bonds. The number of rotatable bonds is 5. The number of aromatic hydroxyl groups is 1. The summed E-state index contributed by atoms with van der Waals surface area (Å²) in [5, 5.41) is 12.1. The van der Waals surface area contributed by atoms with E-state index < -0.39 is 11.9 Å². The molecular weight excluding hydrogens is 357 g/mol. The molecule has 0 atom stereocenters. The first-order valence-electron chi connectivity index (χ1n) is 9.19. The zero-order valence-electron chi connectivity index (χ0n) is 15.2. The number of halogens is 1. The molecule has 5 heteroatoms. The van der Waals surface area contributed by atoms with Crippen molar-refractivity contribution in [2.75, 3.05) is 13.2 Å². The monoisotopic (exact) mass is 377 g/mol.